The van der Waals surface area contributed by atoms with Crippen LogP contribution in [0.1, 0.15) is 5.89 Å². The van der Waals surface area contributed by atoms with Gasteiger partial charge in [-0.2, -0.15) is 9.29 Å². The van der Waals surface area contributed by atoms with Crippen LogP contribution in [0.25, 0.3) is 11.4 Å². The zero-order chi connectivity index (χ0) is 20.4. The standard InChI is InChI=1S/C19H18BrClN4O3S/c20-14-5-7-15(8-6-14)29(26,27)25-11-9-24(10-12-25)13-18-22-19(23-28-18)16-3-1-2-4-17(16)21/h1-8H,9-13H2. The quantitative estimate of drug-likeness (QED) is 0.535. The van der Waals surface area contributed by atoms with E-state index >= 15 is 0 Å². The van der Waals surface area contributed by atoms with E-state index in [1.54, 1.807) is 30.3 Å². The van der Waals surface area contributed by atoms with Crippen molar-refractivity contribution in [2.45, 2.75) is 11.4 Å². The molecule has 0 spiro atoms. The number of nitrogens with zero attached hydrogens (tertiary/aromatic N) is 4. The molecule has 2 aromatic carbocycles. The molecule has 1 aliphatic rings. The molecule has 7 nitrogen and oxygen atoms in total. The van der Waals surface area contributed by atoms with E-state index < -0.39 is 10.0 Å². The minimum absolute atomic E-state index is 0.301. The van der Waals surface area contributed by atoms with Crippen molar-refractivity contribution in [2.75, 3.05) is 26.2 Å². The van der Waals surface area contributed by atoms with Gasteiger partial charge < -0.3 is 4.52 Å². The average Bonchev–Trinajstić information content (AvgIpc) is 3.17. The monoisotopic (exact) mass is 496 g/mol. The van der Waals surface area contributed by atoms with Crippen LogP contribution in [-0.4, -0.2) is 53.9 Å². The molecule has 1 aliphatic heterocycles. The van der Waals surface area contributed by atoms with Crippen molar-refractivity contribution >= 4 is 37.6 Å². The summed E-state index contributed by atoms with van der Waals surface area (Å²) in [6, 6.07) is 14.0. The summed E-state index contributed by atoms with van der Waals surface area (Å²) in [5.41, 5.74) is 0.717. The molecule has 1 aromatic heterocycles. The summed E-state index contributed by atoms with van der Waals surface area (Å²) < 4.78 is 33.3. The van der Waals surface area contributed by atoms with Gasteiger partial charge in [-0.3, -0.25) is 4.90 Å². The van der Waals surface area contributed by atoms with Crippen LogP contribution >= 0.6 is 27.5 Å². The van der Waals surface area contributed by atoms with E-state index in [0.717, 1.165) is 10.0 Å². The van der Waals surface area contributed by atoms with Gasteiger partial charge in [-0.1, -0.05) is 44.8 Å². The predicted octanol–water partition coefficient (Wildman–Crippen LogP) is 3.66. The van der Waals surface area contributed by atoms with Gasteiger partial charge in [0.1, 0.15) is 0 Å². The maximum absolute atomic E-state index is 12.8. The van der Waals surface area contributed by atoms with E-state index in [4.69, 9.17) is 16.1 Å². The molecule has 2 heterocycles. The predicted molar refractivity (Wildman–Crippen MR) is 113 cm³/mol. The zero-order valence-electron chi connectivity index (χ0n) is 15.3. The molecule has 1 fully saturated rings. The van der Waals surface area contributed by atoms with Gasteiger partial charge in [-0.05, 0) is 36.4 Å². The number of rotatable bonds is 5. The van der Waals surface area contributed by atoms with Gasteiger partial charge in [0.25, 0.3) is 0 Å². The Hall–Kier alpha value is -1.78. The molecule has 1 saturated heterocycles. The highest BCUT2D eigenvalue weighted by atomic mass is 79.9. The lowest BCUT2D eigenvalue weighted by molar-refractivity contribution is 0.163. The van der Waals surface area contributed by atoms with Gasteiger partial charge >= 0.3 is 0 Å². The average molecular weight is 498 g/mol. The highest BCUT2D eigenvalue weighted by molar-refractivity contribution is 9.10. The van der Waals surface area contributed by atoms with Gasteiger partial charge in [-0.25, -0.2) is 8.42 Å². The summed E-state index contributed by atoms with van der Waals surface area (Å²) >= 11 is 9.51. The Morgan fingerprint density at radius 1 is 1.03 bits per heavy atom. The van der Waals surface area contributed by atoms with E-state index in [-0.39, 0.29) is 0 Å². The van der Waals surface area contributed by atoms with Crippen LogP contribution in [0, 0.1) is 0 Å². The molecule has 3 aromatic rings. The fourth-order valence-electron chi connectivity index (χ4n) is 3.15. The van der Waals surface area contributed by atoms with E-state index in [9.17, 15) is 8.42 Å². The first-order chi connectivity index (χ1) is 13.9. The highest BCUT2D eigenvalue weighted by Crippen LogP contribution is 2.25. The van der Waals surface area contributed by atoms with Crippen molar-refractivity contribution in [3.05, 3.63) is 63.9 Å². The second-order valence-electron chi connectivity index (χ2n) is 6.63. The summed E-state index contributed by atoms with van der Waals surface area (Å²) in [5, 5.41) is 4.57. The molecule has 29 heavy (non-hydrogen) atoms. The first-order valence-corrected chi connectivity index (χ1v) is 11.6. The van der Waals surface area contributed by atoms with Crippen LogP contribution in [0.3, 0.4) is 0 Å². The Labute approximate surface area is 182 Å². The smallest absolute Gasteiger partial charge is 0.243 e. The molecule has 0 atom stereocenters. The topological polar surface area (TPSA) is 79.5 Å². The number of benzene rings is 2. The van der Waals surface area contributed by atoms with Crippen LogP contribution in [0.5, 0.6) is 0 Å². The van der Waals surface area contributed by atoms with E-state index in [1.807, 2.05) is 18.2 Å². The second-order valence-corrected chi connectivity index (χ2v) is 9.89. The number of piperazine rings is 1. The number of hydrogen-bond donors (Lipinski definition) is 0. The zero-order valence-corrected chi connectivity index (χ0v) is 18.5. The van der Waals surface area contributed by atoms with Crippen molar-refractivity contribution in [3.63, 3.8) is 0 Å². The minimum Gasteiger partial charge on any atom is -0.338 e. The van der Waals surface area contributed by atoms with Crippen LogP contribution in [0.15, 0.2) is 62.4 Å². The third-order valence-corrected chi connectivity index (χ3v) is 7.50. The Bertz CT molecular complexity index is 1100. The molecule has 10 heteroatoms. The van der Waals surface area contributed by atoms with Gasteiger partial charge in [-0.15, -0.1) is 0 Å². The molecule has 0 amide bonds. The maximum atomic E-state index is 12.8. The molecule has 0 bridgehead atoms. The molecular formula is C19H18BrClN4O3S. The molecule has 4 rings (SSSR count). The van der Waals surface area contributed by atoms with Gasteiger partial charge in [0, 0.05) is 36.2 Å². The lowest BCUT2D eigenvalue weighted by atomic mass is 10.2. The number of sulfonamides is 1. The Morgan fingerprint density at radius 3 is 2.41 bits per heavy atom. The van der Waals surface area contributed by atoms with Gasteiger partial charge in [0.15, 0.2) is 0 Å². The molecule has 0 saturated carbocycles. The molecule has 0 aliphatic carbocycles. The maximum Gasteiger partial charge on any atom is 0.243 e. The Balaban J connectivity index is 1.38. The third-order valence-electron chi connectivity index (χ3n) is 4.72. The lowest BCUT2D eigenvalue weighted by Crippen LogP contribution is -2.48. The molecule has 0 radical (unpaired) electrons. The van der Waals surface area contributed by atoms with Crippen molar-refractivity contribution in [1.82, 2.24) is 19.3 Å². The molecule has 0 N–H and O–H groups in total. The van der Waals surface area contributed by atoms with Crippen molar-refractivity contribution in [2.24, 2.45) is 0 Å². The Kier molecular flexibility index (Phi) is 6.03. The van der Waals surface area contributed by atoms with Crippen molar-refractivity contribution in [1.29, 1.82) is 0 Å². The van der Waals surface area contributed by atoms with Crippen LogP contribution < -0.4 is 0 Å². The Morgan fingerprint density at radius 2 is 1.72 bits per heavy atom. The molecule has 152 valence electrons. The van der Waals surface area contributed by atoms with E-state index in [1.165, 1.54) is 4.31 Å². The number of aromatic nitrogens is 2. The summed E-state index contributed by atoms with van der Waals surface area (Å²) in [5.74, 6) is 0.922. The van der Waals surface area contributed by atoms with E-state index in [0.29, 0.717) is 54.4 Å². The third kappa shape index (κ3) is 4.54. The number of halogens is 2. The van der Waals surface area contributed by atoms with Crippen LogP contribution in [0.4, 0.5) is 0 Å². The normalized spacial score (nSPS) is 16.2. The van der Waals surface area contributed by atoms with Crippen LogP contribution in [-0.2, 0) is 16.6 Å². The minimum atomic E-state index is -3.49. The largest absolute Gasteiger partial charge is 0.338 e. The lowest BCUT2D eigenvalue weighted by Gasteiger charge is -2.33. The second kappa shape index (κ2) is 8.53. The molecule has 0 unspecified atom stereocenters. The first-order valence-electron chi connectivity index (χ1n) is 8.99. The van der Waals surface area contributed by atoms with E-state index in [2.05, 4.69) is 31.0 Å². The fourth-order valence-corrected chi connectivity index (χ4v) is 5.05. The highest BCUT2D eigenvalue weighted by Gasteiger charge is 2.29. The SMILES string of the molecule is O=S(=O)(c1ccc(Br)cc1)N1CCN(Cc2nc(-c3ccccc3Cl)no2)CC1. The van der Waals surface area contributed by atoms with Gasteiger partial charge in [0.2, 0.25) is 21.7 Å². The number of hydrogen-bond acceptors (Lipinski definition) is 6. The summed E-state index contributed by atoms with van der Waals surface area (Å²) in [6.07, 6.45) is 0. The first kappa shape index (κ1) is 20.5. The summed E-state index contributed by atoms with van der Waals surface area (Å²) in [4.78, 5) is 6.81. The summed E-state index contributed by atoms with van der Waals surface area (Å²) in [7, 11) is -3.49. The van der Waals surface area contributed by atoms with Gasteiger partial charge in [0.05, 0.1) is 16.5 Å². The van der Waals surface area contributed by atoms with Crippen molar-refractivity contribution < 1.29 is 12.9 Å². The fraction of sp³-hybridized carbons (Fsp3) is 0.263. The summed E-state index contributed by atoms with van der Waals surface area (Å²) in [6.45, 7) is 2.44. The van der Waals surface area contributed by atoms with Crippen molar-refractivity contribution in [3.8, 4) is 11.4 Å². The van der Waals surface area contributed by atoms with Crippen LogP contribution in [0.2, 0.25) is 5.02 Å². The molecular weight excluding hydrogens is 480 g/mol.